The van der Waals surface area contributed by atoms with Crippen molar-refractivity contribution >= 4 is 22.8 Å². The number of aliphatic hydroxyl groups excluding tert-OH is 2. The number of fused-ring (bicyclic) bond motifs is 3. The molecule has 3 aromatic rings. The zero-order chi connectivity index (χ0) is 20.0. The average molecular weight is 387 g/mol. The van der Waals surface area contributed by atoms with Crippen molar-refractivity contribution in [2.45, 2.75) is 19.2 Å². The van der Waals surface area contributed by atoms with Gasteiger partial charge in [0.05, 0.1) is 26.4 Å². The van der Waals surface area contributed by atoms with Crippen LogP contribution >= 0.6 is 0 Å². The van der Waals surface area contributed by atoms with Crippen LogP contribution in [0.5, 0.6) is 5.75 Å². The van der Waals surface area contributed by atoms with Gasteiger partial charge in [0.15, 0.2) is 11.2 Å². The van der Waals surface area contributed by atoms with Crippen molar-refractivity contribution in [3.05, 3.63) is 45.1 Å². The van der Waals surface area contributed by atoms with Crippen molar-refractivity contribution in [1.29, 1.82) is 0 Å². The highest BCUT2D eigenvalue weighted by molar-refractivity contribution is 5.77. The third-order valence-electron chi connectivity index (χ3n) is 4.99. The molecule has 10 heteroatoms. The molecule has 10 nitrogen and oxygen atoms in total. The Morgan fingerprint density at radius 1 is 1.21 bits per heavy atom. The molecular weight excluding hydrogens is 366 g/mol. The minimum absolute atomic E-state index is 0.277. The molecule has 0 amide bonds. The minimum atomic E-state index is -1.19. The standard InChI is InChI=1S/C18H21N5O5/c1-20-15-14(16(26)23(18(20)27)9-12(25)10-24)22-8-7-21(17(22)19-15)11-3-5-13(28-2)6-4-11/h3-6,12,24-25H,7-10H2,1-2H3. The summed E-state index contributed by atoms with van der Waals surface area (Å²) >= 11 is 0. The fourth-order valence-corrected chi connectivity index (χ4v) is 3.51. The maximum atomic E-state index is 13.0. The molecule has 0 fully saturated rings. The van der Waals surface area contributed by atoms with Gasteiger partial charge in [-0.2, -0.15) is 4.98 Å². The largest absolute Gasteiger partial charge is 0.497 e. The molecule has 148 valence electrons. The summed E-state index contributed by atoms with van der Waals surface area (Å²) < 4.78 is 9.20. The molecule has 0 saturated carbocycles. The smallest absolute Gasteiger partial charge is 0.332 e. The number of hydrogen-bond donors (Lipinski definition) is 2. The predicted octanol–water partition coefficient (Wildman–Crippen LogP) is -0.590. The molecule has 1 aliphatic heterocycles. The quantitative estimate of drug-likeness (QED) is 0.601. The first-order valence-electron chi connectivity index (χ1n) is 8.86. The van der Waals surface area contributed by atoms with E-state index < -0.39 is 24.0 Å². The van der Waals surface area contributed by atoms with E-state index in [-0.39, 0.29) is 12.2 Å². The number of rotatable bonds is 5. The highest BCUT2D eigenvalue weighted by atomic mass is 16.5. The fourth-order valence-electron chi connectivity index (χ4n) is 3.51. The van der Waals surface area contributed by atoms with Crippen LogP contribution in [0.1, 0.15) is 0 Å². The van der Waals surface area contributed by atoms with Gasteiger partial charge in [0.2, 0.25) is 5.95 Å². The van der Waals surface area contributed by atoms with E-state index in [4.69, 9.17) is 9.84 Å². The lowest BCUT2D eigenvalue weighted by Gasteiger charge is -2.16. The third-order valence-corrected chi connectivity index (χ3v) is 4.99. The molecule has 0 spiro atoms. The molecule has 1 aliphatic rings. The highest BCUT2D eigenvalue weighted by Crippen LogP contribution is 2.32. The highest BCUT2D eigenvalue weighted by Gasteiger charge is 2.29. The van der Waals surface area contributed by atoms with Crippen LogP contribution in [0.25, 0.3) is 11.2 Å². The molecule has 0 radical (unpaired) electrons. The minimum Gasteiger partial charge on any atom is -0.497 e. The molecule has 28 heavy (non-hydrogen) atoms. The van der Waals surface area contributed by atoms with E-state index in [1.807, 2.05) is 29.2 Å². The number of imidazole rings is 1. The third kappa shape index (κ3) is 2.69. The number of methoxy groups -OCH3 is 1. The molecule has 0 saturated heterocycles. The van der Waals surface area contributed by atoms with Crippen molar-refractivity contribution in [3.8, 4) is 5.75 Å². The van der Waals surface area contributed by atoms with Crippen LogP contribution in [0.2, 0.25) is 0 Å². The second-order valence-electron chi connectivity index (χ2n) is 6.68. The fraction of sp³-hybridized carbons (Fsp3) is 0.389. The first-order chi connectivity index (χ1) is 13.5. The summed E-state index contributed by atoms with van der Waals surface area (Å²) in [6.07, 6.45) is -1.19. The van der Waals surface area contributed by atoms with Gasteiger partial charge in [-0.3, -0.25) is 13.9 Å². The van der Waals surface area contributed by atoms with Crippen LogP contribution in [-0.4, -0.2) is 55.3 Å². The van der Waals surface area contributed by atoms with Gasteiger partial charge < -0.3 is 24.4 Å². The molecule has 1 atom stereocenters. The molecule has 0 aliphatic carbocycles. The number of aromatic nitrogens is 4. The Balaban J connectivity index is 1.86. The Hall–Kier alpha value is -3.11. The number of nitrogens with zero attached hydrogens (tertiary/aromatic N) is 5. The lowest BCUT2D eigenvalue weighted by molar-refractivity contribution is 0.0791. The normalized spacial score (nSPS) is 14.5. The van der Waals surface area contributed by atoms with Crippen LogP contribution in [0.3, 0.4) is 0 Å². The first kappa shape index (κ1) is 18.3. The van der Waals surface area contributed by atoms with Crippen molar-refractivity contribution in [2.24, 2.45) is 7.05 Å². The molecule has 1 aromatic carbocycles. The summed E-state index contributed by atoms with van der Waals surface area (Å²) in [5.74, 6) is 1.32. The predicted molar refractivity (Wildman–Crippen MR) is 102 cm³/mol. The lowest BCUT2D eigenvalue weighted by Crippen LogP contribution is -2.42. The van der Waals surface area contributed by atoms with Gasteiger partial charge in [0.1, 0.15) is 5.75 Å². The number of benzene rings is 1. The van der Waals surface area contributed by atoms with Crippen LogP contribution in [-0.2, 0) is 20.1 Å². The van der Waals surface area contributed by atoms with Gasteiger partial charge in [0, 0.05) is 25.8 Å². The molecule has 2 N–H and O–H groups in total. The monoisotopic (exact) mass is 387 g/mol. The molecule has 2 aromatic heterocycles. The summed E-state index contributed by atoms with van der Waals surface area (Å²) in [5.41, 5.74) is 0.380. The van der Waals surface area contributed by atoms with E-state index in [0.29, 0.717) is 24.6 Å². The Kier molecular flexibility index (Phi) is 4.44. The molecule has 1 unspecified atom stereocenters. The maximum Gasteiger partial charge on any atom is 0.332 e. The number of aryl methyl sites for hydroxylation is 1. The summed E-state index contributed by atoms with van der Waals surface area (Å²) in [6.45, 7) is 0.351. The van der Waals surface area contributed by atoms with E-state index in [2.05, 4.69) is 4.98 Å². The van der Waals surface area contributed by atoms with Gasteiger partial charge in [-0.15, -0.1) is 0 Å². The van der Waals surface area contributed by atoms with Crippen LogP contribution in [0.4, 0.5) is 11.6 Å². The molecule has 0 bridgehead atoms. The van der Waals surface area contributed by atoms with Gasteiger partial charge in [-0.1, -0.05) is 0 Å². The summed E-state index contributed by atoms with van der Waals surface area (Å²) in [4.78, 5) is 32.0. The van der Waals surface area contributed by atoms with Crippen molar-refractivity contribution in [1.82, 2.24) is 18.7 Å². The first-order valence-corrected chi connectivity index (χ1v) is 8.86. The van der Waals surface area contributed by atoms with Gasteiger partial charge >= 0.3 is 5.69 Å². The van der Waals surface area contributed by atoms with Crippen molar-refractivity contribution in [3.63, 3.8) is 0 Å². The zero-order valence-corrected chi connectivity index (χ0v) is 15.6. The van der Waals surface area contributed by atoms with E-state index in [1.54, 1.807) is 11.7 Å². The molecule has 4 rings (SSSR count). The lowest BCUT2D eigenvalue weighted by atomic mass is 10.3. The summed E-state index contributed by atoms with van der Waals surface area (Å²) in [5, 5.41) is 18.8. The van der Waals surface area contributed by atoms with Crippen molar-refractivity contribution < 1.29 is 14.9 Å². The number of aliphatic hydroxyl groups is 2. The SMILES string of the molecule is COc1ccc(N2CCn3c2nc2c3c(=O)n(CC(O)CO)c(=O)n2C)cc1. The number of anilines is 2. The maximum absolute atomic E-state index is 13.0. The second kappa shape index (κ2) is 6.80. The number of hydrogen-bond acceptors (Lipinski definition) is 7. The Morgan fingerprint density at radius 3 is 2.57 bits per heavy atom. The van der Waals surface area contributed by atoms with Gasteiger partial charge in [-0.25, -0.2) is 4.79 Å². The average Bonchev–Trinajstić information content (AvgIpc) is 3.29. The Bertz CT molecular complexity index is 1140. The van der Waals surface area contributed by atoms with Gasteiger partial charge in [-0.05, 0) is 24.3 Å². The van der Waals surface area contributed by atoms with Gasteiger partial charge in [0.25, 0.3) is 5.56 Å². The zero-order valence-electron chi connectivity index (χ0n) is 15.6. The summed E-state index contributed by atoms with van der Waals surface area (Å²) in [6, 6.07) is 7.50. The van der Waals surface area contributed by atoms with Crippen molar-refractivity contribution in [2.75, 3.05) is 25.2 Å². The Morgan fingerprint density at radius 2 is 1.93 bits per heavy atom. The van der Waals surface area contributed by atoms with Crippen LogP contribution < -0.4 is 20.9 Å². The molecule has 3 heterocycles. The summed E-state index contributed by atoms with van der Waals surface area (Å²) in [7, 11) is 3.13. The number of ether oxygens (including phenoxy) is 1. The van der Waals surface area contributed by atoms with E-state index in [0.717, 1.165) is 16.0 Å². The van der Waals surface area contributed by atoms with Crippen LogP contribution in [0, 0.1) is 0 Å². The topological polar surface area (TPSA) is 115 Å². The second-order valence-corrected chi connectivity index (χ2v) is 6.68. The van der Waals surface area contributed by atoms with E-state index >= 15 is 0 Å². The Labute approximate surface area is 159 Å². The van der Waals surface area contributed by atoms with E-state index in [9.17, 15) is 14.7 Å². The van der Waals surface area contributed by atoms with E-state index in [1.165, 1.54) is 11.6 Å². The molecular formula is C18H21N5O5. The van der Waals surface area contributed by atoms with Crippen LogP contribution in [0.15, 0.2) is 33.9 Å².